The maximum atomic E-state index is 11.9. The molecule has 2 rings (SSSR count). The topological polar surface area (TPSA) is 62.1 Å². The van der Waals surface area contributed by atoms with E-state index in [4.69, 9.17) is 10.00 Å². The Morgan fingerprint density at radius 3 is 2.71 bits per heavy atom. The van der Waals surface area contributed by atoms with E-state index >= 15 is 0 Å². The summed E-state index contributed by atoms with van der Waals surface area (Å²) in [6.07, 6.45) is 6.97. The molecule has 0 spiro atoms. The number of carbonyl (C=O) groups excluding carboxylic acids is 1. The molecule has 0 atom stereocenters. The standard InChI is InChI=1S/C16H19BrN2O2/c17-13-7-8-15(12(9-13)10-18)21-11-16(20)19-14-5-3-1-2-4-6-14/h7-9,14H,1-6,11H2,(H,19,20). The predicted molar refractivity (Wildman–Crippen MR) is 84.0 cm³/mol. The quantitative estimate of drug-likeness (QED) is 0.844. The maximum absolute atomic E-state index is 11.9. The van der Waals surface area contributed by atoms with Crippen molar-refractivity contribution in [3.05, 3.63) is 28.2 Å². The van der Waals surface area contributed by atoms with Gasteiger partial charge < -0.3 is 10.1 Å². The number of halogens is 1. The number of rotatable bonds is 4. The first-order valence-corrected chi connectivity index (χ1v) is 8.10. The molecule has 4 nitrogen and oxygen atoms in total. The lowest BCUT2D eigenvalue weighted by atomic mass is 10.1. The summed E-state index contributed by atoms with van der Waals surface area (Å²) in [5.41, 5.74) is 0.423. The summed E-state index contributed by atoms with van der Waals surface area (Å²) in [4.78, 5) is 11.9. The van der Waals surface area contributed by atoms with Gasteiger partial charge in [-0.15, -0.1) is 0 Å². The average molecular weight is 351 g/mol. The Balaban J connectivity index is 1.85. The Labute approximate surface area is 133 Å². The highest BCUT2D eigenvalue weighted by atomic mass is 79.9. The van der Waals surface area contributed by atoms with Crippen molar-refractivity contribution in [1.29, 1.82) is 5.26 Å². The van der Waals surface area contributed by atoms with Gasteiger partial charge in [0.2, 0.25) is 0 Å². The monoisotopic (exact) mass is 350 g/mol. The highest BCUT2D eigenvalue weighted by Crippen LogP contribution is 2.22. The Bertz CT molecular complexity index is 532. The van der Waals surface area contributed by atoms with Crippen LogP contribution in [0, 0.1) is 11.3 Å². The Morgan fingerprint density at radius 2 is 2.05 bits per heavy atom. The van der Waals surface area contributed by atoms with Gasteiger partial charge in [-0.3, -0.25) is 4.79 Å². The Hall–Kier alpha value is -1.54. The van der Waals surface area contributed by atoms with Crippen molar-refractivity contribution < 1.29 is 9.53 Å². The van der Waals surface area contributed by atoms with Crippen molar-refractivity contribution in [1.82, 2.24) is 5.32 Å². The van der Waals surface area contributed by atoms with Crippen LogP contribution in [0.4, 0.5) is 0 Å². The Kier molecular flexibility index (Phi) is 6.06. The van der Waals surface area contributed by atoms with Gasteiger partial charge in [0.15, 0.2) is 6.61 Å². The lowest BCUT2D eigenvalue weighted by Crippen LogP contribution is -2.37. The molecule has 1 N–H and O–H groups in total. The van der Waals surface area contributed by atoms with E-state index in [1.54, 1.807) is 18.2 Å². The first-order valence-electron chi connectivity index (χ1n) is 7.31. The number of hydrogen-bond donors (Lipinski definition) is 1. The fraction of sp³-hybridized carbons (Fsp3) is 0.500. The molecule has 112 valence electrons. The molecule has 0 heterocycles. The van der Waals surface area contributed by atoms with Gasteiger partial charge in [-0.2, -0.15) is 5.26 Å². The molecule has 0 aromatic heterocycles. The lowest BCUT2D eigenvalue weighted by molar-refractivity contribution is -0.123. The first kappa shape index (κ1) is 15.8. The van der Waals surface area contributed by atoms with Crippen LogP contribution in [0.5, 0.6) is 5.75 Å². The molecule has 21 heavy (non-hydrogen) atoms. The number of amides is 1. The highest BCUT2D eigenvalue weighted by Gasteiger charge is 2.15. The Morgan fingerprint density at radius 1 is 1.33 bits per heavy atom. The first-order chi connectivity index (χ1) is 10.2. The molecular weight excluding hydrogens is 332 g/mol. The van der Waals surface area contributed by atoms with E-state index in [0.717, 1.165) is 17.3 Å². The zero-order chi connectivity index (χ0) is 15.1. The summed E-state index contributed by atoms with van der Waals surface area (Å²) >= 11 is 3.30. The third kappa shape index (κ3) is 5.05. The minimum atomic E-state index is -0.117. The third-order valence-corrected chi connectivity index (χ3v) is 4.13. The van der Waals surface area contributed by atoms with Crippen LogP contribution in [-0.2, 0) is 4.79 Å². The number of nitrogens with one attached hydrogen (secondary N) is 1. The van der Waals surface area contributed by atoms with E-state index in [1.807, 2.05) is 0 Å². The second kappa shape index (κ2) is 8.04. The van der Waals surface area contributed by atoms with Crippen LogP contribution in [-0.4, -0.2) is 18.6 Å². The maximum Gasteiger partial charge on any atom is 0.258 e. The van der Waals surface area contributed by atoms with Crippen molar-refractivity contribution >= 4 is 21.8 Å². The number of carbonyl (C=O) groups is 1. The smallest absolute Gasteiger partial charge is 0.258 e. The van der Waals surface area contributed by atoms with E-state index in [-0.39, 0.29) is 18.6 Å². The molecule has 1 aliphatic carbocycles. The van der Waals surface area contributed by atoms with Crippen LogP contribution in [0.15, 0.2) is 22.7 Å². The fourth-order valence-electron chi connectivity index (χ4n) is 2.55. The minimum absolute atomic E-state index is 0.0488. The highest BCUT2D eigenvalue weighted by molar-refractivity contribution is 9.10. The van der Waals surface area contributed by atoms with Crippen LogP contribution in [0.3, 0.4) is 0 Å². The molecule has 1 fully saturated rings. The van der Waals surface area contributed by atoms with Crippen LogP contribution >= 0.6 is 15.9 Å². The second-order valence-corrected chi connectivity index (χ2v) is 6.21. The van der Waals surface area contributed by atoms with Gasteiger partial charge in [-0.25, -0.2) is 0 Å². The third-order valence-electron chi connectivity index (χ3n) is 3.64. The molecule has 1 amide bonds. The molecule has 1 aromatic rings. The molecule has 1 aliphatic rings. The van der Waals surface area contributed by atoms with Gasteiger partial charge in [-0.1, -0.05) is 41.6 Å². The van der Waals surface area contributed by atoms with Gasteiger partial charge in [0.25, 0.3) is 5.91 Å². The number of nitrogens with zero attached hydrogens (tertiary/aromatic N) is 1. The molecule has 1 saturated carbocycles. The summed E-state index contributed by atoms with van der Waals surface area (Å²) in [5.74, 6) is 0.324. The van der Waals surface area contributed by atoms with Gasteiger partial charge >= 0.3 is 0 Å². The normalized spacial score (nSPS) is 15.8. The summed E-state index contributed by atoms with van der Waals surface area (Å²) in [7, 11) is 0. The summed E-state index contributed by atoms with van der Waals surface area (Å²) in [6.45, 7) is -0.0488. The van der Waals surface area contributed by atoms with E-state index in [9.17, 15) is 4.79 Å². The van der Waals surface area contributed by atoms with Crippen LogP contribution in [0.25, 0.3) is 0 Å². The van der Waals surface area contributed by atoms with Gasteiger partial charge in [0.05, 0.1) is 5.56 Å². The zero-order valence-electron chi connectivity index (χ0n) is 11.9. The van der Waals surface area contributed by atoms with E-state index in [1.165, 1.54) is 25.7 Å². The molecule has 5 heteroatoms. The molecule has 0 radical (unpaired) electrons. The largest absolute Gasteiger partial charge is 0.482 e. The number of benzene rings is 1. The minimum Gasteiger partial charge on any atom is -0.482 e. The van der Waals surface area contributed by atoms with E-state index in [2.05, 4.69) is 27.3 Å². The molecule has 0 unspecified atom stereocenters. The lowest BCUT2D eigenvalue weighted by Gasteiger charge is -2.16. The number of nitriles is 1. The summed E-state index contributed by atoms with van der Waals surface area (Å²) in [5, 5.41) is 12.1. The van der Waals surface area contributed by atoms with Crippen molar-refractivity contribution in [2.45, 2.75) is 44.6 Å². The molecule has 0 aliphatic heterocycles. The van der Waals surface area contributed by atoms with Crippen molar-refractivity contribution in [2.24, 2.45) is 0 Å². The summed E-state index contributed by atoms with van der Waals surface area (Å²) in [6, 6.07) is 7.50. The van der Waals surface area contributed by atoms with Crippen LogP contribution in [0.1, 0.15) is 44.1 Å². The predicted octanol–water partition coefficient (Wildman–Crippen LogP) is 3.54. The fourth-order valence-corrected chi connectivity index (χ4v) is 2.91. The molecule has 0 saturated heterocycles. The van der Waals surface area contributed by atoms with Gasteiger partial charge in [-0.05, 0) is 31.0 Å². The van der Waals surface area contributed by atoms with Crippen molar-refractivity contribution in [3.8, 4) is 11.8 Å². The molecular formula is C16H19BrN2O2. The SMILES string of the molecule is N#Cc1cc(Br)ccc1OCC(=O)NC1CCCCCC1. The van der Waals surface area contributed by atoms with Crippen LogP contribution < -0.4 is 10.1 Å². The van der Waals surface area contributed by atoms with Gasteiger partial charge in [0.1, 0.15) is 11.8 Å². The van der Waals surface area contributed by atoms with Crippen LogP contribution in [0.2, 0.25) is 0 Å². The van der Waals surface area contributed by atoms with Crippen molar-refractivity contribution in [3.63, 3.8) is 0 Å². The molecule has 1 aromatic carbocycles. The molecule has 0 bridgehead atoms. The zero-order valence-corrected chi connectivity index (χ0v) is 13.5. The number of hydrogen-bond acceptors (Lipinski definition) is 3. The number of ether oxygens (including phenoxy) is 1. The van der Waals surface area contributed by atoms with E-state index in [0.29, 0.717) is 11.3 Å². The summed E-state index contributed by atoms with van der Waals surface area (Å²) < 4.78 is 6.28. The van der Waals surface area contributed by atoms with E-state index < -0.39 is 0 Å². The second-order valence-electron chi connectivity index (χ2n) is 5.30. The van der Waals surface area contributed by atoms with Gasteiger partial charge in [0, 0.05) is 10.5 Å². The van der Waals surface area contributed by atoms with Crippen molar-refractivity contribution in [2.75, 3.05) is 6.61 Å². The average Bonchev–Trinajstić information content (AvgIpc) is 2.74.